The van der Waals surface area contributed by atoms with Crippen molar-refractivity contribution in [1.29, 1.82) is 0 Å². The lowest BCUT2D eigenvalue weighted by Gasteiger charge is -2.61. The molecular formula is C29H38O3. The van der Waals surface area contributed by atoms with Crippen molar-refractivity contribution in [3.63, 3.8) is 0 Å². The quantitative estimate of drug-likeness (QED) is 0.453. The monoisotopic (exact) mass is 434 g/mol. The van der Waals surface area contributed by atoms with Gasteiger partial charge < -0.3 is 9.84 Å². The summed E-state index contributed by atoms with van der Waals surface area (Å²) in [6.07, 6.45) is 9.94. The Morgan fingerprint density at radius 1 is 1.00 bits per heavy atom. The molecule has 0 spiro atoms. The van der Waals surface area contributed by atoms with Crippen molar-refractivity contribution in [2.75, 3.05) is 0 Å². The van der Waals surface area contributed by atoms with E-state index >= 15 is 0 Å². The number of ether oxygens (including phenoxy) is 1. The summed E-state index contributed by atoms with van der Waals surface area (Å²) < 4.78 is 5.61. The first-order valence-corrected chi connectivity index (χ1v) is 12.7. The normalized spacial score (nSPS) is 44.9. The van der Waals surface area contributed by atoms with Gasteiger partial charge in [0, 0.05) is 17.9 Å². The Morgan fingerprint density at radius 2 is 1.75 bits per heavy atom. The molecule has 4 saturated carbocycles. The SMILES string of the molecule is CC(=O)O[C@@H]1CC[C@]2(C)[C@H](CC[C@@H]3[C@H]4CC[C@](O)(C#Cc5ccccc5)[C@@]4(C)CC[C@@H]32)C1. The van der Waals surface area contributed by atoms with E-state index in [0.29, 0.717) is 23.2 Å². The highest BCUT2D eigenvalue weighted by Crippen LogP contribution is 2.68. The van der Waals surface area contributed by atoms with Crippen molar-refractivity contribution in [2.45, 2.75) is 90.3 Å². The zero-order chi connectivity index (χ0) is 22.6. The summed E-state index contributed by atoms with van der Waals surface area (Å²) in [5, 5.41) is 11.8. The molecule has 5 rings (SSSR count). The molecule has 4 aliphatic carbocycles. The summed E-state index contributed by atoms with van der Waals surface area (Å²) in [6.45, 7) is 6.39. The van der Waals surface area contributed by atoms with Crippen LogP contribution in [-0.4, -0.2) is 22.8 Å². The standard InChI is InChI=1S/C29H38O3/c1-20(30)32-23-12-15-27(2)22(19-23)9-10-24-25(27)13-16-28(3)26(24)14-18-29(28,31)17-11-21-7-5-4-6-8-21/h4-8,22-26,31H,9-10,12-16,18-19H2,1-3H3/t22-,23-,24+,25+,26-,27-,28+,29-/m1/s1. The molecule has 0 radical (unpaired) electrons. The summed E-state index contributed by atoms with van der Waals surface area (Å²) in [4.78, 5) is 11.5. The highest BCUT2D eigenvalue weighted by Gasteiger charge is 2.64. The fourth-order valence-corrected chi connectivity index (χ4v) is 8.48. The third-order valence-electron chi connectivity index (χ3n) is 10.3. The van der Waals surface area contributed by atoms with E-state index in [2.05, 4.69) is 25.7 Å². The van der Waals surface area contributed by atoms with Crippen LogP contribution >= 0.6 is 0 Å². The summed E-state index contributed by atoms with van der Waals surface area (Å²) in [6, 6.07) is 10.1. The molecule has 8 atom stereocenters. The van der Waals surface area contributed by atoms with Crippen LogP contribution in [0.5, 0.6) is 0 Å². The van der Waals surface area contributed by atoms with E-state index in [1.54, 1.807) is 0 Å². The van der Waals surface area contributed by atoms with Gasteiger partial charge in [0.15, 0.2) is 0 Å². The van der Waals surface area contributed by atoms with Crippen LogP contribution in [0, 0.1) is 46.3 Å². The molecule has 172 valence electrons. The summed E-state index contributed by atoms with van der Waals surface area (Å²) in [7, 11) is 0. The minimum absolute atomic E-state index is 0.112. The fourth-order valence-electron chi connectivity index (χ4n) is 8.48. The van der Waals surface area contributed by atoms with Crippen molar-refractivity contribution < 1.29 is 14.6 Å². The van der Waals surface area contributed by atoms with Crippen LogP contribution in [0.25, 0.3) is 0 Å². The number of hydrogen-bond acceptors (Lipinski definition) is 3. The smallest absolute Gasteiger partial charge is 0.302 e. The second-order valence-electron chi connectivity index (χ2n) is 11.6. The zero-order valence-electron chi connectivity index (χ0n) is 19.9. The van der Waals surface area contributed by atoms with E-state index in [1.165, 1.54) is 26.2 Å². The van der Waals surface area contributed by atoms with Crippen molar-refractivity contribution in [3.05, 3.63) is 35.9 Å². The van der Waals surface area contributed by atoms with Gasteiger partial charge in [0.25, 0.3) is 0 Å². The Hall–Kier alpha value is -1.79. The van der Waals surface area contributed by atoms with Crippen molar-refractivity contribution in [2.24, 2.45) is 34.5 Å². The number of benzene rings is 1. The molecule has 1 aromatic rings. The predicted molar refractivity (Wildman–Crippen MR) is 126 cm³/mol. The molecule has 0 bridgehead atoms. The van der Waals surface area contributed by atoms with Crippen LogP contribution in [0.3, 0.4) is 0 Å². The molecule has 0 saturated heterocycles. The number of esters is 1. The fraction of sp³-hybridized carbons (Fsp3) is 0.690. The largest absolute Gasteiger partial charge is 0.463 e. The molecule has 4 fully saturated rings. The minimum Gasteiger partial charge on any atom is -0.463 e. The Balaban J connectivity index is 1.36. The van der Waals surface area contributed by atoms with Gasteiger partial charge in [0.1, 0.15) is 11.7 Å². The Bertz CT molecular complexity index is 929. The molecule has 0 heterocycles. The van der Waals surface area contributed by atoms with Gasteiger partial charge in [-0.3, -0.25) is 4.79 Å². The molecule has 32 heavy (non-hydrogen) atoms. The maximum absolute atomic E-state index is 11.8. The van der Waals surface area contributed by atoms with E-state index in [0.717, 1.165) is 50.0 Å². The van der Waals surface area contributed by atoms with Gasteiger partial charge in [-0.25, -0.2) is 0 Å². The number of aliphatic hydroxyl groups is 1. The third-order valence-corrected chi connectivity index (χ3v) is 10.3. The van der Waals surface area contributed by atoms with Crippen LogP contribution in [-0.2, 0) is 9.53 Å². The number of rotatable bonds is 1. The van der Waals surface area contributed by atoms with Crippen molar-refractivity contribution in [3.8, 4) is 11.8 Å². The predicted octanol–water partition coefficient (Wildman–Crippen LogP) is 5.74. The number of fused-ring (bicyclic) bond motifs is 5. The van der Waals surface area contributed by atoms with Crippen LogP contribution < -0.4 is 0 Å². The topological polar surface area (TPSA) is 46.5 Å². The molecule has 0 unspecified atom stereocenters. The second-order valence-corrected chi connectivity index (χ2v) is 11.6. The molecule has 0 aromatic heterocycles. The van der Waals surface area contributed by atoms with Gasteiger partial charge in [-0.15, -0.1) is 0 Å². The Morgan fingerprint density at radius 3 is 2.50 bits per heavy atom. The van der Waals surface area contributed by atoms with Gasteiger partial charge in [-0.2, -0.15) is 0 Å². The van der Waals surface area contributed by atoms with Gasteiger partial charge in [-0.1, -0.05) is 43.9 Å². The van der Waals surface area contributed by atoms with E-state index in [1.807, 2.05) is 30.3 Å². The molecule has 1 aromatic carbocycles. The average molecular weight is 435 g/mol. The highest BCUT2D eigenvalue weighted by molar-refractivity contribution is 5.66. The molecule has 0 amide bonds. The number of hydrogen-bond donors (Lipinski definition) is 1. The first-order valence-electron chi connectivity index (χ1n) is 12.7. The Labute approximate surface area is 193 Å². The van der Waals surface area contributed by atoms with Crippen LogP contribution in [0.2, 0.25) is 0 Å². The summed E-state index contributed by atoms with van der Waals surface area (Å²) in [5.74, 6) is 9.13. The van der Waals surface area contributed by atoms with Gasteiger partial charge >= 0.3 is 5.97 Å². The first-order chi connectivity index (χ1) is 15.3. The molecule has 4 aliphatic rings. The second kappa shape index (κ2) is 7.91. The zero-order valence-corrected chi connectivity index (χ0v) is 19.9. The highest BCUT2D eigenvalue weighted by atomic mass is 16.5. The van der Waals surface area contributed by atoms with Crippen LogP contribution in [0.1, 0.15) is 84.1 Å². The van der Waals surface area contributed by atoms with Crippen LogP contribution in [0.15, 0.2) is 30.3 Å². The lowest BCUT2D eigenvalue weighted by atomic mass is 9.44. The maximum atomic E-state index is 11.8. The molecule has 3 heteroatoms. The average Bonchev–Trinajstić information content (AvgIpc) is 3.04. The number of carbonyl (C=O) groups excluding carboxylic acids is 1. The van der Waals surface area contributed by atoms with E-state index < -0.39 is 5.60 Å². The van der Waals surface area contributed by atoms with Gasteiger partial charge in [-0.05, 0) is 99.0 Å². The third kappa shape index (κ3) is 3.41. The van der Waals surface area contributed by atoms with Gasteiger partial charge in [0.2, 0.25) is 0 Å². The Kier molecular flexibility index (Phi) is 5.44. The van der Waals surface area contributed by atoms with Crippen molar-refractivity contribution in [1.82, 2.24) is 0 Å². The van der Waals surface area contributed by atoms with Crippen LogP contribution in [0.4, 0.5) is 0 Å². The summed E-state index contributed by atoms with van der Waals surface area (Å²) in [5.41, 5.74) is 0.327. The number of carbonyl (C=O) groups is 1. The lowest BCUT2D eigenvalue weighted by molar-refractivity contribution is -0.163. The molecular weight excluding hydrogens is 396 g/mol. The molecule has 0 aliphatic heterocycles. The maximum Gasteiger partial charge on any atom is 0.302 e. The summed E-state index contributed by atoms with van der Waals surface area (Å²) >= 11 is 0. The van der Waals surface area contributed by atoms with Gasteiger partial charge in [0.05, 0.1) is 0 Å². The van der Waals surface area contributed by atoms with E-state index in [-0.39, 0.29) is 17.5 Å². The minimum atomic E-state index is -0.886. The lowest BCUT2D eigenvalue weighted by Crippen LogP contribution is -2.56. The first kappa shape index (κ1) is 22.0. The molecule has 3 nitrogen and oxygen atoms in total. The van der Waals surface area contributed by atoms with E-state index in [4.69, 9.17) is 4.74 Å². The van der Waals surface area contributed by atoms with Crippen molar-refractivity contribution >= 4 is 5.97 Å². The molecule has 1 N–H and O–H groups in total. The van der Waals surface area contributed by atoms with E-state index in [9.17, 15) is 9.90 Å².